The van der Waals surface area contributed by atoms with E-state index in [-0.39, 0.29) is 18.4 Å². The topological polar surface area (TPSA) is 59.7 Å². The number of nitrogens with zero attached hydrogens (tertiary/aromatic N) is 4. The highest BCUT2D eigenvalue weighted by molar-refractivity contribution is 6.30. The van der Waals surface area contributed by atoms with E-state index in [0.29, 0.717) is 17.1 Å². The highest BCUT2D eigenvalue weighted by Crippen LogP contribution is 2.31. The molecule has 0 aliphatic carbocycles. The molecule has 0 saturated carbocycles. The molecule has 5 rings (SSSR count). The Bertz CT molecular complexity index is 1090. The van der Waals surface area contributed by atoms with E-state index < -0.39 is 0 Å². The first-order chi connectivity index (χ1) is 13.7. The Morgan fingerprint density at radius 1 is 1.21 bits per heavy atom. The standard InChI is InChI=1S/C21H19ClN4O2/c22-17-6-7-18-15(11-17)10-16(13-28-18)21(27)25-8-3-4-14(12-25)20-24-23-19-5-1-2-9-26(19)20/h1-2,5-7,9-11,14H,3-4,8,12-13H2. The number of carbonyl (C=O) groups is 1. The molecule has 2 aliphatic rings. The molecule has 0 spiro atoms. The molecule has 0 N–H and O–H groups in total. The van der Waals surface area contributed by atoms with Crippen molar-refractivity contribution in [2.24, 2.45) is 0 Å². The van der Waals surface area contributed by atoms with Crippen molar-refractivity contribution in [2.75, 3.05) is 19.7 Å². The van der Waals surface area contributed by atoms with E-state index in [1.807, 2.05) is 51.9 Å². The van der Waals surface area contributed by atoms with Gasteiger partial charge in [0.25, 0.3) is 5.91 Å². The summed E-state index contributed by atoms with van der Waals surface area (Å²) < 4.78 is 7.77. The summed E-state index contributed by atoms with van der Waals surface area (Å²) in [6.45, 7) is 1.66. The number of aromatic nitrogens is 3. The average Bonchev–Trinajstić information content (AvgIpc) is 3.17. The summed E-state index contributed by atoms with van der Waals surface area (Å²) in [5.74, 6) is 1.86. The van der Waals surface area contributed by atoms with Crippen LogP contribution in [0.4, 0.5) is 0 Å². The van der Waals surface area contributed by atoms with Crippen molar-refractivity contribution in [3.8, 4) is 5.75 Å². The van der Waals surface area contributed by atoms with Gasteiger partial charge < -0.3 is 9.64 Å². The number of amides is 1. The molecule has 142 valence electrons. The minimum absolute atomic E-state index is 0.0177. The fourth-order valence-corrected chi connectivity index (χ4v) is 4.17. The van der Waals surface area contributed by atoms with Gasteiger partial charge in [0.1, 0.15) is 18.2 Å². The van der Waals surface area contributed by atoms with Gasteiger partial charge in [-0.15, -0.1) is 10.2 Å². The zero-order chi connectivity index (χ0) is 19.1. The van der Waals surface area contributed by atoms with Crippen LogP contribution in [0.3, 0.4) is 0 Å². The molecule has 6 nitrogen and oxygen atoms in total. The Morgan fingerprint density at radius 3 is 3.07 bits per heavy atom. The van der Waals surface area contributed by atoms with Crippen LogP contribution in [-0.4, -0.2) is 45.1 Å². The van der Waals surface area contributed by atoms with E-state index in [2.05, 4.69) is 10.2 Å². The van der Waals surface area contributed by atoms with Crippen molar-refractivity contribution >= 4 is 29.2 Å². The van der Waals surface area contributed by atoms with Gasteiger partial charge in [-0.25, -0.2) is 0 Å². The summed E-state index contributed by atoms with van der Waals surface area (Å²) in [4.78, 5) is 15.0. The second-order valence-corrected chi connectivity index (χ2v) is 7.65. The SMILES string of the molecule is O=C(C1=Cc2cc(Cl)ccc2OC1)N1CCCC(c2nnc3ccccn23)C1. The van der Waals surface area contributed by atoms with Gasteiger partial charge in [0.2, 0.25) is 0 Å². The summed E-state index contributed by atoms with van der Waals surface area (Å²) in [5, 5.41) is 9.27. The molecule has 1 fully saturated rings. The maximum atomic E-state index is 13.1. The third-order valence-corrected chi connectivity index (χ3v) is 5.61. The molecule has 3 aromatic rings. The maximum Gasteiger partial charge on any atom is 0.253 e. The van der Waals surface area contributed by atoms with Gasteiger partial charge in [-0.1, -0.05) is 17.7 Å². The second kappa shape index (κ2) is 6.95. The number of ether oxygens (including phenoxy) is 1. The molecule has 2 aliphatic heterocycles. The fraction of sp³-hybridized carbons (Fsp3) is 0.286. The monoisotopic (exact) mass is 394 g/mol. The van der Waals surface area contributed by atoms with Gasteiger partial charge in [0.15, 0.2) is 5.65 Å². The molecule has 28 heavy (non-hydrogen) atoms. The van der Waals surface area contributed by atoms with Crippen LogP contribution < -0.4 is 4.74 Å². The largest absolute Gasteiger partial charge is 0.488 e. The fourth-order valence-electron chi connectivity index (χ4n) is 3.99. The Labute approximate surface area is 167 Å². The smallest absolute Gasteiger partial charge is 0.253 e. The summed E-state index contributed by atoms with van der Waals surface area (Å²) in [6, 6.07) is 11.3. The lowest BCUT2D eigenvalue weighted by Gasteiger charge is -2.33. The first-order valence-electron chi connectivity index (χ1n) is 9.41. The third-order valence-electron chi connectivity index (χ3n) is 5.37. The summed E-state index contributed by atoms with van der Waals surface area (Å²) >= 11 is 6.08. The van der Waals surface area contributed by atoms with Crippen LogP contribution in [0.15, 0.2) is 48.2 Å². The Hall–Kier alpha value is -2.86. The van der Waals surface area contributed by atoms with Crippen molar-refractivity contribution in [2.45, 2.75) is 18.8 Å². The Balaban J connectivity index is 1.39. The van der Waals surface area contributed by atoms with Crippen molar-refractivity contribution in [1.29, 1.82) is 0 Å². The highest BCUT2D eigenvalue weighted by atomic mass is 35.5. The predicted molar refractivity (Wildman–Crippen MR) is 106 cm³/mol. The molecule has 1 unspecified atom stereocenters. The van der Waals surface area contributed by atoms with Crippen LogP contribution in [-0.2, 0) is 4.79 Å². The van der Waals surface area contributed by atoms with Crippen molar-refractivity contribution in [3.05, 3.63) is 64.6 Å². The van der Waals surface area contributed by atoms with Gasteiger partial charge in [0, 0.05) is 35.8 Å². The number of pyridine rings is 1. The summed E-state index contributed by atoms with van der Waals surface area (Å²) in [5.41, 5.74) is 2.33. The predicted octanol–water partition coefficient (Wildman–Crippen LogP) is 3.56. The second-order valence-electron chi connectivity index (χ2n) is 7.22. The van der Waals surface area contributed by atoms with Gasteiger partial charge in [-0.3, -0.25) is 9.20 Å². The summed E-state index contributed by atoms with van der Waals surface area (Å²) in [6.07, 6.45) is 5.80. The minimum Gasteiger partial charge on any atom is -0.488 e. The van der Waals surface area contributed by atoms with Crippen molar-refractivity contribution in [3.63, 3.8) is 0 Å². The van der Waals surface area contributed by atoms with Gasteiger partial charge in [-0.05, 0) is 49.2 Å². The van der Waals surface area contributed by atoms with E-state index in [1.165, 1.54) is 0 Å². The molecule has 1 amide bonds. The molecule has 4 heterocycles. The average molecular weight is 395 g/mol. The number of hydrogen-bond acceptors (Lipinski definition) is 4. The number of piperidine rings is 1. The van der Waals surface area contributed by atoms with Crippen LogP contribution in [0.5, 0.6) is 5.75 Å². The Kier molecular flexibility index (Phi) is 4.28. The molecule has 0 radical (unpaired) electrons. The van der Waals surface area contributed by atoms with E-state index in [9.17, 15) is 4.79 Å². The first-order valence-corrected chi connectivity index (χ1v) is 9.79. The van der Waals surface area contributed by atoms with E-state index in [0.717, 1.165) is 42.2 Å². The van der Waals surface area contributed by atoms with Crippen LogP contribution in [0.1, 0.15) is 30.1 Å². The molecule has 1 aromatic carbocycles. The Morgan fingerprint density at radius 2 is 2.14 bits per heavy atom. The molecule has 7 heteroatoms. The van der Waals surface area contributed by atoms with E-state index in [1.54, 1.807) is 6.07 Å². The number of benzene rings is 1. The number of fused-ring (bicyclic) bond motifs is 2. The first kappa shape index (κ1) is 17.3. The van der Waals surface area contributed by atoms with Crippen LogP contribution in [0.2, 0.25) is 5.02 Å². The molecular weight excluding hydrogens is 376 g/mol. The molecule has 2 aromatic heterocycles. The van der Waals surface area contributed by atoms with Crippen molar-refractivity contribution < 1.29 is 9.53 Å². The number of hydrogen-bond donors (Lipinski definition) is 0. The zero-order valence-corrected chi connectivity index (χ0v) is 16.0. The third kappa shape index (κ3) is 3.03. The summed E-state index contributed by atoms with van der Waals surface area (Å²) in [7, 11) is 0. The number of likely N-dealkylation sites (tertiary alicyclic amines) is 1. The maximum absolute atomic E-state index is 13.1. The highest BCUT2D eigenvalue weighted by Gasteiger charge is 2.30. The number of rotatable bonds is 2. The van der Waals surface area contributed by atoms with E-state index in [4.69, 9.17) is 16.3 Å². The minimum atomic E-state index is 0.0177. The lowest BCUT2D eigenvalue weighted by atomic mass is 9.96. The van der Waals surface area contributed by atoms with Crippen molar-refractivity contribution in [1.82, 2.24) is 19.5 Å². The van der Waals surface area contributed by atoms with Crippen LogP contribution in [0.25, 0.3) is 11.7 Å². The van der Waals surface area contributed by atoms with E-state index >= 15 is 0 Å². The van der Waals surface area contributed by atoms with Gasteiger partial charge in [-0.2, -0.15) is 0 Å². The lowest BCUT2D eigenvalue weighted by Crippen LogP contribution is -2.41. The number of carbonyl (C=O) groups excluding carboxylic acids is 1. The van der Waals surface area contributed by atoms with Crippen LogP contribution in [0, 0.1) is 0 Å². The molecule has 1 saturated heterocycles. The quantitative estimate of drug-likeness (QED) is 0.666. The van der Waals surface area contributed by atoms with Gasteiger partial charge >= 0.3 is 0 Å². The lowest BCUT2D eigenvalue weighted by molar-refractivity contribution is -0.128. The normalized spacial score (nSPS) is 19.1. The molecule has 1 atom stereocenters. The van der Waals surface area contributed by atoms with Crippen LogP contribution >= 0.6 is 11.6 Å². The molecule has 0 bridgehead atoms. The van der Waals surface area contributed by atoms with Gasteiger partial charge in [0.05, 0.1) is 5.57 Å². The molecular formula is C21H19ClN4O2. The number of halogens is 1. The zero-order valence-electron chi connectivity index (χ0n) is 15.2.